The molecule has 2 heterocycles. The molecule has 1 fully saturated rings. The molecule has 0 bridgehead atoms. The number of aromatic nitrogens is 2. The number of amidine groups is 1. The Balaban J connectivity index is 1.61. The number of carbonyl (C=O) groups is 2. The molecule has 5 rings (SSSR count). The predicted octanol–water partition coefficient (Wildman–Crippen LogP) is 7.80. The molecule has 0 unspecified atom stereocenters. The molecule has 3 N–H and O–H groups in total. The van der Waals surface area contributed by atoms with E-state index in [-0.39, 0.29) is 39.4 Å². The maximum absolute atomic E-state index is 16.3. The van der Waals surface area contributed by atoms with E-state index < -0.39 is 90.7 Å². The smallest absolute Gasteiger partial charge is 0.411 e. The second-order valence-corrected chi connectivity index (χ2v) is 14.7. The summed E-state index contributed by atoms with van der Waals surface area (Å²) in [5.74, 6) is -3.33. The maximum atomic E-state index is 16.3. The van der Waals surface area contributed by atoms with Crippen molar-refractivity contribution in [1.82, 2.24) is 20.0 Å². The molecule has 3 aromatic rings. The summed E-state index contributed by atoms with van der Waals surface area (Å²) in [6.45, 7) is 4.68. The Kier molecular flexibility index (Phi) is 11.5. The van der Waals surface area contributed by atoms with Crippen molar-refractivity contribution in [3.8, 4) is 11.1 Å². The fourth-order valence-electron chi connectivity index (χ4n) is 6.45. The van der Waals surface area contributed by atoms with E-state index in [1.165, 1.54) is 30.3 Å². The van der Waals surface area contributed by atoms with Crippen LogP contribution < -0.4 is 16.1 Å². The zero-order chi connectivity index (χ0) is 41.5. The van der Waals surface area contributed by atoms with Crippen LogP contribution in [-0.2, 0) is 15.1 Å². The lowest BCUT2D eigenvalue weighted by atomic mass is 9.75. The van der Waals surface area contributed by atoms with E-state index in [1.54, 1.807) is 20.8 Å². The van der Waals surface area contributed by atoms with Crippen LogP contribution in [0.15, 0.2) is 63.9 Å². The van der Waals surface area contributed by atoms with Crippen molar-refractivity contribution in [3.63, 3.8) is 0 Å². The molecule has 0 saturated heterocycles. The minimum atomic E-state index is -4.79. The molecule has 0 spiro atoms. The van der Waals surface area contributed by atoms with E-state index in [1.807, 2.05) is 5.32 Å². The van der Waals surface area contributed by atoms with Crippen LogP contribution in [0.5, 0.6) is 0 Å². The SMILES string of the molecule is C=NN(C(=NC)C(F)F)c1cc([C@@H](COC(=O)NC2(C(F)(F)F)CC2)N2C(=O)[C@@](CC(C)(C)C)(c3ccc(-c4cnn(C(F)F)c4)cc3F)N=C2N)ccc1Cl. The van der Waals surface area contributed by atoms with E-state index in [0.29, 0.717) is 9.69 Å². The van der Waals surface area contributed by atoms with Gasteiger partial charge in [-0.25, -0.2) is 32.6 Å². The van der Waals surface area contributed by atoms with Gasteiger partial charge in [-0.3, -0.25) is 14.7 Å². The molecule has 1 aliphatic carbocycles. The quantitative estimate of drug-likeness (QED) is 0.0827. The fourth-order valence-corrected chi connectivity index (χ4v) is 6.64. The van der Waals surface area contributed by atoms with Crippen molar-refractivity contribution < 1.29 is 49.4 Å². The summed E-state index contributed by atoms with van der Waals surface area (Å²) in [5, 5.41) is 9.46. The number of hydrogen-bond acceptors (Lipinski definition) is 8. The highest BCUT2D eigenvalue weighted by molar-refractivity contribution is 6.34. The number of halogens is 9. The second kappa shape index (κ2) is 15.3. The van der Waals surface area contributed by atoms with Crippen molar-refractivity contribution in [2.24, 2.45) is 26.2 Å². The summed E-state index contributed by atoms with van der Waals surface area (Å²) in [5.41, 5.74) is 0.818. The number of guanidine groups is 1. The number of nitrogens with one attached hydrogen (secondary N) is 1. The Labute approximate surface area is 320 Å². The van der Waals surface area contributed by atoms with Crippen LogP contribution in [0, 0.1) is 11.2 Å². The monoisotopic (exact) mass is 817 g/mol. The summed E-state index contributed by atoms with van der Waals surface area (Å²) in [7, 11) is 1.07. The first-order valence-corrected chi connectivity index (χ1v) is 17.1. The average molecular weight is 818 g/mol. The van der Waals surface area contributed by atoms with Crippen LogP contribution in [0.2, 0.25) is 5.02 Å². The van der Waals surface area contributed by atoms with Gasteiger partial charge in [-0.15, -0.1) is 0 Å². The first-order chi connectivity index (χ1) is 26.1. The number of nitrogens with two attached hydrogens (primary N) is 1. The number of hydrazone groups is 1. The van der Waals surface area contributed by atoms with Gasteiger partial charge in [-0.1, -0.05) is 50.6 Å². The molecular weight excluding hydrogens is 782 g/mol. The minimum absolute atomic E-state index is 0.0163. The van der Waals surface area contributed by atoms with Crippen molar-refractivity contribution in [3.05, 3.63) is 70.8 Å². The summed E-state index contributed by atoms with van der Waals surface area (Å²) in [4.78, 5) is 36.7. The van der Waals surface area contributed by atoms with Crippen LogP contribution in [0.3, 0.4) is 0 Å². The second-order valence-electron chi connectivity index (χ2n) is 14.3. The van der Waals surface area contributed by atoms with E-state index in [9.17, 15) is 40.3 Å². The summed E-state index contributed by atoms with van der Waals surface area (Å²) in [6.07, 6.45) is -8.33. The molecule has 2 amide bonds. The van der Waals surface area contributed by atoms with Gasteiger partial charge in [0, 0.05) is 31.1 Å². The number of amides is 2. The Morgan fingerprint density at radius 1 is 1.12 bits per heavy atom. The van der Waals surface area contributed by atoms with Crippen LogP contribution >= 0.6 is 11.6 Å². The molecular formula is C35H36ClF8N9O3. The third-order valence-corrected chi connectivity index (χ3v) is 9.46. The van der Waals surface area contributed by atoms with Gasteiger partial charge in [0.25, 0.3) is 12.3 Å². The lowest BCUT2D eigenvalue weighted by Gasteiger charge is -2.35. The van der Waals surface area contributed by atoms with Crippen molar-refractivity contribution >= 4 is 47.8 Å². The Morgan fingerprint density at radius 3 is 2.32 bits per heavy atom. The molecule has 12 nitrogen and oxygen atoms in total. The average Bonchev–Trinajstić information content (AvgIpc) is 3.64. The normalized spacial score (nSPS) is 19.0. The van der Waals surface area contributed by atoms with Crippen molar-refractivity contribution in [1.29, 1.82) is 0 Å². The number of ether oxygens (including phenoxy) is 1. The minimum Gasteiger partial charge on any atom is -0.447 e. The highest BCUT2D eigenvalue weighted by Gasteiger charge is 2.64. The lowest BCUT2D eigenvalue weighted by molar-refractivity contribution is -0.164. The summed E-state index contributed by atoms with van der Waals surface area (Å²) in [6, 6.07) is 5.78. The van der Waals surface area contributed by atoms with Gasteiger partial charge in [-0.2, -0.15) is 32.2 Å². The third-order valence-electron chi connectivity index (χ3n) is 9.14. The highest BCUT2D eigenvalue weighted by Crippen LogP contribution is 2.49. The number of anilines is 1. The van der Waals surface area contributed by atoms with Crippen molar-refractivity contribution in [2.45, 2.75) is 76.3 Å². The van der Waals surface area contributed by atoms with Crippen molar-refractivity contribution in [2.75, 3.05) is 18.7 Å². The zero-order valence-electron chi connectivity index (χ0n) is 30.2. The number of benzene rings is 2. The van der Waals surface area contributed by atoms with Gasteiger partial charge in [0.1, 0.15) is 18.0 Å². The van der Waals surface area contributed by atoms with E-state index in [4.69, 9.17) is 22.1 Å². The topological polar surface area (TPSA) is 143 Å². The molecule has 1 saturated carbocycles. The third kappa shape index (κ3) is 8.15. The molecule has 1 aromatic heterocycles. The molecule has 1 aliphatic heterocycles. The maximum Gasteiger partial charge on any atom is 0.411 e. The van der Waals surface area contributed by atoms with Crippen LogP contribution in [-0.4, -0.2) is 77.0 Å². The Hall–Kier alpha value is -5.27. The summed E-state index contributed by atoms with van der Waals surface area (Å²) < 4.78 is 117. The van der Waals surface area contributed by atoms with Gasteiger partial charge >= 0.3 is 18.8 Å². The standard InChI is InChI=1S/C35H36ClF8N9O3/c1-32(2,3)17-34(21-8-6-18(12-23(21)37)20-14-48-51(15-20)29(40)41)28(54)52(30(45)49-34)25(16-56-31(55)50-33(10-11-33)35(42,43)44)19-7-9-22(36)24(13-19)53(47-5)27(46-4)26(38)39/h6-9,12-15,25-26,29H,5,10-11,16-17H2,1-4H3,(H2,45,49)(H,50,55)/t25-,34-/m1/s1. The molecule has 2 atom stereocenters. The molecule has 56 heavy (non-hydrogen) atoms. The largest absolute Gasteiger partial charge is 0.447 e. The predicted molar refractivity (Wildman–Crippen MR) is 191 cm³/mol. The van der Waals surface area contributed by atoms with Gasteiger partial charge in [0.2, 0.25) is 0 Å². The molecule has 0 radical (unpaired) electrons. The van der Waals surface area contributed by atoms with Crippen LogP contribution in [0.25, 0.3) is 11.1 Å². The van der Waals surface area contributed by atoms with Gasteiger partial charge < -0.3 is 15.8 Å². The van der Waals surface area contributed by atoms with Gasteiger partial charge in [0.05, 0.1) is 22.9 Å². The number of carbonyl (C=O) groups excluding carboxylic acids is 2. The first kappa shape index (κ1) is 41.9. The van der Waals surface area contributed by atoms with Gasteiger partial charge in [0.15, 0.2) is 17.3 Å². The van der Waals surface area contributed by atoms with E-state index in [0.717, 1.165) is 30.4 Å². The van der Waals surface area contributed by atoms with Gasteiger partial charge in [-0.05, 0) is 54.0 Å². The van der Waals surface area contributed by atoms with E-state index in [2.05, 4.69) is 26.9 Å². The number of aliphatic imine (C=N–C) groups is 2. The molecule has 2 aromatic carbocycles. The number of hydrogen-bond donors (Lipinski definition) is 2. The molecule has 302 valence electrons. The highest BCUT2D eigenvalue weighted by atomic mass is 35.5. The first-order valence-electron chi connectivity index (χ1n) is 16.7. The zero-order valence-corrected chi connectivity index (χ0v) is 31.0. The number of rotatable bonds is 12. The van der Waals surface area contributed by atoms with E-state index >= 15 is 4.39 Å². The van der Waals surface area contributed by atoms with Crippen LogP contribution in [0.1, 0.15) is 63.8 Å². The Bertz CT molecular complexity index is 2060. The fraction of sp³-hybridized carbons (Fsp3) is 0.429. The number of alkyl carbamates (subject to hydrolysis) is 1. The Morgan fingerprint density at radius 2 is 1.80 bits per heavy atom. The molecule has 2 aliphatic rings. The lowest BCUT2D eigenvalue weighted by Crippen LogP contribution is -2.50. The molecule has 21 heteroatoms. The summed E-state index contributed by atoms with van der Waals surface area (Å²) >= 11 is 6.39. The number of nitrogens with zero attached hydrogens (tertiary/aromatic N) is 7. The number of alkyl halides is 7. The van der Waals surface area contributed by atoms with Crippen LogP contribution in [0.4, 0.5) is 45.6 Å².